The maximum Gasteiger partial charge on any atom is 0.185 e. The molecule has 2 rings (SSSR count). The van der Waals surface area contributed by atoms with E-state index in [-0.39, 0.29) is 5.78 Å². The van der Waals surface area contributed by atoms with Crippen molar-refractivity contribution in [1.29, 1.82) is 0 Å². The second kappa shape index (κ2) is 4.47. The number of Topliss-reactive ketones (excluding diaryl/α,β-unsaturated/α-hetero) is 1. The fourth-order valence-electron chi connectivity index (χ4n) is 1.64. The first kappa shape index (κ1) is 11.5. The van der Waals surface area contributed by atoms with Crippen LogP contribution in [-0.2, 0) is 7.05 Å². The third-order valence-electron chi connectivity index (χ3n) is 2.67. The van der Waals surface area contributed by atoms with E-state index in [0.29, 0.717) is 11.1 Å². The number of pyridine rings is 1. The molecule has 0 spiro atoms. The van der Waals surface area contributed by atoms with E-state index in [1.165, 1.54) is 0 Å². The van der Waals surface area contributed by atoms with E-state index in [1.807, 2.05) is 6.92 Å². The minimum atomic E-state index is -0.688. The first-order chi connectivity index (χ1) is 8.09. The number of rotatable bonds is 3. The summed E-state index contributed by atoms with van der Waals surface area (Å²) >= 11 is 0. The summed E-state index contributed by atoms with van der Waals surface area (Å²) in [6.07, 6.45) is 6.55. The molecule has 0 fully saturated rings. The molecule has 1 atom stereocenters. The second-order valence-corrected chi connectivity index (χ2v) is 3.98. The number of aromatic nitrogens is 3. The van der Waals surface area contributed by atoms with Gasteiger partial charge >= 0.3 is 0 Å². The molecule has 2 aromatic rings. The molecule has 0 aliphatic carbocycles. The molecule has 0 radical (unpaired) electrons. The van der Waals surface area contributed by atoms with Crippen LogP contribution < -0.4 is 5.73 Å². The highest BCUT2D eigenvalue weighted by molar-refractivity contribution is 6.01. The molecule has 2 N–H and O–H groups in total. The Morgan fingerprint density at radius 3 is 2.82 bits per heavy atom. The van der Waals surface area contributed by atoms with Crippen molar-refractivity contribution < 1.29 is 4.79 Å². The third kappa shape index (κ3) is 2.24. The summed E-state index contributed by atoms with van der Waals surface area (Å²) in [7, 11) is 1.79. The Bertz CT molecular complexity index is 547. The summed E-state index contributed by atoms with van der Waals surface area (Å²) in [6, 6.07) is 1.11. The van der Waals surface area contributed by atoms with Gasteiger partial charge in [0.05, 0.1) is 12.2 Å². The highest BCUT2D eigenvalue weighted by Crippen LogP contribution is 2.17. The molecule has 17 heavy (non-hydrogen) atoms. The lowest BCUT2D eigenvalue weighted by Crippen LogP contribution is -2.22. The van der Waals surface area contributed by atoms with Crippen LogP contribution in [-0.4, -0.2) is 20.5 Å². The topological polar surface area (TPSA) is 73.8 Å². The van der Waals surface area contributed by atoms with Crippen molar-refractivity contribution in [3.63, 3.8) is 0 Å². The summed E-state index contributed by atoms with van der Waals surface area (Å²) in [4.78, 5) is 16.1. The van der Waals surface area contributed by atoms with Crippen molar-refractivity contribution >= 4 is 5.78 Å². The second-order valence-electron chi connectivity index (χ2n) is 3.98. The van der Waals surface area contributed by atoms with Gasteiger partial charge in [0.1, 0.15) is 0 Å². The minimum absolute atomic E-state index is 0.136. The number of hydrogen-bond acceptors (Lipinski definition) is 4. The molecule has 1 unspecified atom stereocenters. The average molecular weight is 230 g/mol. The van der Waals surface area contributed by atoms with Crippen molar-refractivity contribution in [3.05, 3.63) is 47.5 Å². The quantitative estimate of drug-likeness (QED) is 0.798. The van der Waals surface area contributed by atoms with Gasteiger partial charge in [-0.05, 0) is 18.6 Å². The van der Waals surface area contributed by atoms with Crippen LogP contribution in [0.25, 0.3) is 0 Å². The monoisotopic (exact) mass is 230 g/mol. The number of carbonyl (C=O) groups is 1. The number of aryl methyl sites for hydroxylation is 2. The van der Waals surface area contributed by atoms with Crippen LogP contribution in [0.1, 0.15) is 27.5 Å². The SMILES string of the molecule is Cc1ccncc1C(=O)C(N)c1cnn(C)c1. The Morgan fingerprint density at radius 2 is 2.24 bits per heavy atom. The van der Waals surface area contributed by atoms with Crippen LogP contribution in [0.15, 0.2) is 30.9 Å². The van der Waals surface area contributed by atoms with Crippen molar-refractivity contribution in [1.82, 2.24) is 14.8 Å². The zero-order chi connectivity index (χ0) is 12.4. The van der Waals surface area contributed by atoms with E-state index in [0.717, 1.165) is 5.56 Å². The lowest BCUT2D eigenvalue weighted by molar-refractivity contribution is 0.0960. The van der Waals surface area contributed by atoms with Gasteiger partial charge in [-0.2, -0.15) is 5.10 Å². The van der Waals surface area contributed by atoms with Crippen molar-refractivity contribution in [2.45, 2.75) is 13.0 Å². The van der Waals surface area contributed by atoms with Gasteiger partial charge < -0.3 is 5.73 Å². The molecular weight excluding hydrogens is 216 g/mol. The van der Waals surface area contributed by atoms with Crippen LogP contribution in [0.5, 0.6) is 0 Å². The summed E-state index contributed by atoms with van der Waals surface area (Å²) in [5.74, 6) is -0.136. The molecule has 0 saturated carbocycles. The number of nitrogens with two attached hydrogens (primary N) is 1. The third-order valence-corrected chi connectivity index (χ3v) is 2.67. The van der Waals surface area contributed by atoms with Crippen LogP contribution in [0.4, 0.5) is 0 Å². The minimum Gasteiger partial charge on any atom is -0.317 e. The maximum absolute atomic E-state index is 12.2. The van der Waals surface area contributed by atoms with E-state index < -0.39 is 6.04 Å². The smallest absolute Gasteiger partial charge is 0.185 e. The van der Waals surface area contributed by atoms with Crippen LogP contribution in [0, 0.1) is 6.92 Å². The van der Waals surface area contributed by atoms with E-state index >= 15 is 0 Å². The molecule has 2 aromatic heterocycles. The molecular formula is C12H14N4O. The molecule has 5 heteroatoms. The first-order valence-corrected chi connectivity index (χ1v) is 5.28. The highest BCUT2D eigenvalue weighted by atomic mass is 16.1. The van der Waals surface area contributed by atoms with Gasteiger partial charge in [-0.3, -0.25) is 14.5 Å². The zero-order valence-electron chi connectivity index (χ0n) is 9.79. The normalized spacial score (nSPS) is 12.4. The van der Waals surface area contributed by atoms with Gasteiger partial charge in [-0.1, -0.05) is 0 Å². The molecule has 0 saturated heterocycles. The molecule has 5 nitrogen and oxygen atoms in total. The largest absolute Gasteiger partial charge is 0.317 e. The molecule has 0 bridgehead atoms. The molecule has 0 aliphatic heterocycles. The van der Waals surface area contributed by atoms with Crippen LogP contribution >= 0.6 is 0 Å². The van der Waals surface area contributed by atoms with Gasteiger partial charge in [0.2, 0.25) is 0 Å². The maximum atomic E-state index is 12.2. The number of hydrogen-bond donors (Lipinski definition) is 1. The lowest BCUT2D eigenvalue weighted by Gasteiger charge is -2.09. The van der Waals surface area contributed by atoms with Crippen LogP contribution in [0.2, 0.25) is 0 Å². The molecule has 0 amide bonds. The predicted octanol–water partition coefficient (Wildman–Crippen LogP) is 1.01. The van der Waals surface area contributed by atoms with Gasteiger partial charge in [-0.15, -0.1) is 0 Å². The summed E-state index contributed by atoms with van der Waals surface area (Å²) in [5.41, 5.74) is 8.07. The average Bonchev–Trinajstić information content (AvgIpc) is 2.75. The number of carbonyl (C=O) groups excluding carboxylic acids is 1. The van der Waals surface area contributed by atoms with E-state index in [4.69, 9.17) is 5.73 Å². The van der Waals surface area contributed by atoms with Crippen molar-refractivity contribution in [3.8, 4) is 0 Å². The van der Waals surface area contributed by atoms with E-state index in [9.17, 15) is 4.79 Å². The predicted molar refractivity (Wildman–Crippen MR) is 63.4 cm³/mol. The van der Waals surface area contributed by atoms with Crippen LogP contribution in [0.3, 0.4) is 0 Å². The molecule has 2 heterocycles. The van der Waals surface area contributed by atoms with Gasteiger partial charge in [0.25, 0.3) is 0 Å². The van der Waals surface area contributed by atoms with Gasteiger partial charge in [0, 0.05) is 36.8 Å². The highest BCUT2D eigenvalue weighted by Gasteiger charge is 2.20. The van der Waals surface area contributed by atoms with Gasteiger partial charge in [0.15, 0.2) is 5.78 Å². The molecule has 0 aromatic carbocycles. The summed E-state index contributed by atoms with van der Waals surface area (Å²) in [5, 5.41) is 4.01. The zero-order valence-corrected chi connectivity index (χ0v) is 9.79. The van der Waals surface area contributed by atoms with Crippen molar-refractivity contribution in [2.75, 3.05) is 0 Å². The Kier molecular flexibility index (Phi) is 3.01. The summed E-state index contributed by atoms with van der Waals surface area (Å²) in [6.45, 7) is 1.87. The first-order valence-electron chi connectivity index (χ1n) is 5.28. The Morgan fingerprint density at radius 1 is 1.47 bits per heavy atom. The van der Waals surface area contributed by atoms with Crippen molar-refractivity contribution in [2.24, 2.45) is 12.8 Å². The standard InChI is InChI=1S/C12H14N4O/c1-8-3-4-14-6-10(8)12(17)11(13)9-5-15-16(2)7-9/h3-7,11H,13H2,1-2H3. The number of ketones is 1. The fourth-order valence-corrected chi connectivity index (χ4v) is 1.64. The lowest BCUT2D eigenvalue weighted by atomic mass is 9.99. The Labute approximate surface area is 99.3 Å². The molecule has 88 valence electrons. The van der Waals surface area contributed by atoms with Gasteiger partial charge in [-0.25, -0.2) is 0 Å². The Hall–Kier alpha value is -2.01. The summed E-state index contributed by atoms with van der Waals surface area (Å²) < 4.78 is 1.62. The number of nitrogens with zero attached hydrogens (tertiary/aromatic N) is 3. The Balaban J connectivity index is 2.30. The van der Waals surface area contributed by atoms with E-state index in [1.54, 1.807) is 42.6 Å². The van der Waals surface area contributed by atoms with E-state index in [2.05, 4.69) is 10.1 Å². The molecule has 0 aliphatic rings. The fraction of sp³-hybridized carbons (Fsp3) is 0.250.